The van der Waals surface area contributed by atoms with Gasteiger partial charge in [0.1, 0.15) is 0 Å². The number of anilines is 1. The highest BCUT2D eigenvalue weighted by molar-refractivity contribution is 5.94. The zero-order valence-electron chi connectivity index (χ0n) is 11.7. The molecule has 4 heterocycles. The molecule has 2 amide bonds. The Bertz CT molecular complexity index is 656. The van der Waals surface area contributed by atoms with Crippen molar-refractivity contribution in [3.05, 3.63) is 30.6 Å². The predicted molar refractivity (Wildman–Crippen MR) is 78.2 cm³/mol. The Hall–Kier alpha value is -2.08. The fraction of sp³-hybridized carbons (Fsp3) is 0.467. The summed E-state index contributed by atoms with van der Waals surface area (Å²) in [7, 11) is 0. The first-order chi connectivity index (χ1) is 10.3. The number of nitrogens with zero attached hydrogens (tertiary/aromatic N) is 3. The molecular formula is C15H18N4O2. The first-order valence-electron chi connectivity index (χ1n) is 7.37. The number of hydrogen-bond donors (Lipinski definition) is 1. The van der Waals surface area contributed by atoms with Crippen LogP contribution in [0.1, 0.15) is 6.42 Å². The first-order valence-corrected chi connectivity index (χ1v) is 7.37. The summed E-state index contributed by atoms with van der Waals surface area (Å²) >= 11 is 0. The van der Waals surface area contributed by atoms with Gasteiger partial charge in [0.15, 0.2) is 0 Å². The molecule has 21 heavy (non-hydrogen) atoms. The van der Waals surface area contributed by atoms with Crippen molar-refractivity contribution in [3.8, 4) is 0 Å². The Morgan fingerprint density at radius 1 is 1.33 bits per heavy atom. The van der Waals surface area contributed by atoms with Crippen molar-refractivity contribution in [2.24, 2.45) is 11.8 Å². The molecule has 1 atom stereocenters. The van der Waals surface area contributed by atoms with E-state index in [1.807, 2.05) is 29.3 Å². The summed E-state index contributed by atoms with van der Waals surface area (Å²) in [5.74, 6) is 1.23. The Labute approximate surface area is 122 Å². The lowest BCUT2D eigenvalue weighted by molar-refractivity contribution is 0.0806. The zero-order valence-corrected chi connectivity index (χ0v) is 11.7. The minimum absolute atomic E-state index is 0.0380. The van der Waals surface area contributed by atoms with E-state index in [0.717, 1.165) is 43.9 Å². The van der Waals surface area contributed by atoms with Crippen LogP contribution in [0.2, 0.25) is 0 Å². The average Bonchev–Trinajstić information content (AvgIpc) is 3.08. The third kappa shape index (κ3) is 2.25. The molecule has 2 aliphatic heterocycles. The summed E-state index contributed by atoms with van der Waals surface area (Å²) in [6, 6.07) is 5.75. The number of urea groups is 1. The van der Waals surface area contributed by atoms with Gasteiger partial charge in [-0.25, -0.2) is 9.31 Å². The summed E-state index contributed by atoms with van der Waals surface area (Å²) < 4.78 is 7.17. The highest BCUT2D eigenvalue weighted by Crippen LogP contribution is 2.30. The molecule has 0 aliphatic carbocycles. The molecule has 2 saturated heterocycles. The van der Waals surface area contributed by atoms with Gasteiger partial charge in [-0.3, -0.25) is 0 Å². The van der Waals surface area contributed by atoms with Gasteiger partial charge in [-0.05, 0) is 30.4 Å². The minimum Gasteiger partial charge on any atom is -0.381 e. The number of rotatable bonds is 2. The van der Waals surface area contributed by atoms with Crippen molar-refractivity contribution in [2.75, 3.05) is 31.6 Å². The van der Waals surface area contributed by atoms with Crippen LogP contribution in [0.4, 0.5) is 10.5 Å². The normalized spacial score (nSPS) is 22.5. The molecule has 2 fully saturated rings. The third-order valence-electron chi connectivity index (χ3n) is 4.50. The van der Waals surface area contributed by atoms with E-state index >= 15 is 0 Å². The number of aromatic nitrogens is 2. The molecule has 0 saturated carbocycles. The quantitative estimate of drug-likeness (QED) is 0.916. The van der Waals surface area contributed by atoms with E-state index in [0.29, 0.717) is 11.8 Å². The van der Waals surface area contributed by atoms with Gasteiger partial charge in [0, 0.05) is 32.5 Å². The molecule has 110 valence electrons. The maximum Gasteiger partial charge on any atom is 0.321 e. The van der Waals surface area contributed by atoms with Gasteiger partial charge in [0.05, 0.1) is 17.4 Å². The van der Waals surface area contributed by atoms with Crippen LogP contribution in [-0.2, 0) is 4.74 Å². The molecule has 1 unspecified atom stereocenters. The summed E-state index contributed by atoms with van der Waals surface area (Å²) in [6.45, 7) is 3.39. The number of ether oxygens (including phenoxy) is 1. The summed E-state index contributed by atoms with van der Waals surface area (Å²) in [5.41, 5.74) is 1.67. The number of likely N-dealkylation sites (tertiary alicyclic amines) is 1. The van der Waals surface area contributed by atoms with Crippen LogP contribution >= 0.6 is 0 Å². The van der Waals surface area contributed by atoms with Crippen LogP contribution in [0.3, 0.4) is 0 Å². The number of fused-ring (bicyclic) bond motifs is 1. The molecule has 4 rings (SSSR count). The van der Waals surface area contributed by atoms with Crippen molar-refractivity contribution >= 4 is 17.2 Å². The molecule has 0 bridgehead atoms. The van der Waals surface area contributed by atoms with Crippen LogP contribution in [0.5, 0.6) is 0 Å². The molecule has 1 N–H and O–H groups in total. The van der Waals surface area contributed by atoms with E-state index in [2.05, 4.69) is 10.4 Å². The van der Waals surface area contributed by atoms with Crippen LogP contribution < -0.4 is 5.32 Å². The fourth-order valence-corrected chi connectivity index (χ4v) is 3.13. The summed E-state index contributed by atoms with van der Waals surface area (Å²) in [5, 5.41) is 7.17. The van der Waals surface area contributed by atoms with E-state index in [4.69, 9.17) is 4.74 Å². The Kier molecular flexibility index (Phi) is 3.03. The largest absolute Gasteiger partial charge is 0.381 e. The van der Waals surface area contributed by atoms with Crippen LogP contribution in [0, 0.1) is 11.8 Å². The van der Waals surface area contributed by atoms with Gasteiger partial charge in [-0.15, -0.1) is 0 Å². The van der Waals surface area contributed by atoms with E-state index in [1.54, 1.807) is 10.7 Å². The highest BCUT2D eigenvalue weighted by atomic mass is 16.5. The maximum absolute atomic E-state index is 12.2. The zero-order chi connectivity index (χ0) is 14.2. The third-order valence-corrected chi connectivity index (χ3v) is 4.50. The lowest BCUT2D eigenvalue weighted by atomic mass is 9.85. The number of pyridine rings is 1. The van der Waals surface area contributed by atoms with E-state index in [1.165, 1.54) is 0 Å². The van der Waals surface area contributed by atoms with Gasteiger partial charge in [-0.1, -0.05) is 6.07 Å². The molecule has 0 aromatic carbocycles. The monoisotopic (exact) mass is 286 g/mol. The van der Waals surface area contributed by atoms with Gasteiger partial charge < -0.3 is 15.0 Å². The van der Waals surface area contributed by atoms with Crippen molar-refractivity contribution in [2.45, 2.75) is 6.42 Å². The van der Waals surface area contributed by atoms with Gasteiger partial charge in [0.25, 0.3) is 0 Å². The molecule has 6 heteroatoms. The lowest BCUT2D eigenvalue weighted by Gasteiger charge is -2.41. The SMILES string of the molecule is O=C(Nc1cnn2ccccc12)N1CC(C2CCOC2)C1. The second-order valence-electron chi connectivity index (χ2n) is 5.81. The van der Waals surface area contributed by atoms with Crippen molar-refractivity contribution < 1.29 is 9.53 Å². The lowest BCUT2D eigenvalue weighted by Crippen LogP contribution is -2.54. The Morgan fingerprint density at radius 2 is 2.24 bits per heavy atom. The fourth-order valence-electron chi connectivity index (χ4n) is 3.13. The first kappa shape index (κ1) is 12.6. The highest BCUT2D eigenvalue weighted by Gasteiger charge is 2.37. The molecule has 6 nitrogen and oxygen atoms in total. The molecular weight excluding hydrogens is 268 g/mol. The summed E-state index contributed by atoms with van der Waals surface area (Å²) in [4.78, 5) is 14.1. The van der Waals surface area contributed by atoms with E-state index in [-0.39, 0.29) is 6.03 Å². The Morgan fingerprint density at radius 3 is 3.05 bits per heavy atom. The number of hydrogen-bond acceptors (Lipinski definition) is 3. The standard InChI is InChI=1S/C15H18N4O2/c20-15(18-8-12(9-18)11-4-6-21-10-11)17-13-7-16-19-5-2-1-3-14(13)19/h1-3,5,7,11-12H,4,6,8-10H2,(H,17,20). The smallest absolute Gasteiger partial charge is 0.321 e. The number of amides is 2. The van der Waals surface area contributed by atoms with Gasteiger partial charge >= 0.3 is 6.03 Å². The second-order valence-corrected chi connectivity index (χ2v) is 5.81. The van der Waals surface area contributed by atoms with Crippen molar-refractivity contribution in [1.29, 1.82) is 0 Å². The molecule has 2 aromatic rings. The average molecular weight is 286 g/mol. The number of nitrogens with one attached hydrogen (secondary N) is 1. The van der Waals surface area contributed by atoms with Crippen molar-refractivity contribution in [3.63, 3.8) is 0 Å². The molecule has 2 aromatic heterocycles. The second kappa shape index (κ2) is 5.04. The number of carbonyl (C=O) groups is 1. The van der Waals surface area contributed by atoms with Crippen LogP contribution in [0.15, 0.2) is 30.6 Å². The molecule has 0 radical (unpaired) electrons. The Balaban J connectivity index is 1.38. The molecule has 2 aliphatic rings. The minimum atomic E-state index is -0.0380. The van der Waals surface area contributed by atoms with Gasteiger partial charge in [0.2, 0.25) is 0 Å². The number of carbonyl (C=O) groups excluding carboxylic acids is 1. The topological polar surface area (TPSA) is 58.9 Å². The predicted octanol–water partition coefficient (Wildman–Crippen LogP) is 1.83. The van der Waals surface area contributed by atoms with Crippen LogP contribution in [0.25, 0.3) is 5.52 Å². The van der Waals surface area contributed by atoms with Crippen molar-refractivity contribution in [1.82, 2.24) is 14.5 Å². The molecule has 0 spiro atoms. The van der Waals surface area contributed by atoms with Crippen LogP contribution in [-0.4, -0.2) is 46.8 Å². The summed E-state index contributed by atoms with van der Waals surface area (Å²) in [6.07, 6.45) is 4.69. The van der Waals surface area contributed by atoms with E-state index < -0.39 is 0 Å². The van der Waals surface area contributed by atoms with Gasteiger partial charge in [-0.2, -0.15) is 5.10 Å². The maximum atomic E-state index is 12.2. The van der Waals surface area contributed by atoms with E-state index in [9.17, 15) is 4.79 Å².